The minimum absolute atomic E-state index is 0.284. The molecule has 0 fully saturated rings. The highest BCUT2D eigenvalue weighted by Crippen LogP contribution is 1.69. The molecular weight excluding hydrogens is 126 g/mol. The maximum Gasteiger partial charge on any atom is 0.295 e. The van der Waals surface area contributed by atoms with Gasteiger partial charge in [-0.25, -0.2) is 0 Å². The quantitative estimate of drug-likeness (QED) is 0.302. The highest BCUT2D eigenvalue weighted by molar-refractivity contribution is 4.98. The summed E-state index contributed by atoms with van der Waals surface area (Å²) in [5.74, 6) is 4.38. The Bertz CT molecular complexity index is 144. The summed E-state index contributed by atoms with van der Waals surface area (Å²) >= 11 is 0. The molecule has 0 aromatic heterocycles. The molecule has 0 saturated heterocycles. The topological polar surface area (TPSA) is 72.6 Å². The summed E-state index contributed by atoms with van der Waals surface area (Å²) in [7, 11) is 0. The number of aliphatic hydroxyl groups excluding tert-OH is 1. The minimum Gasteiger partial charge on any atom is -0.384 e. The maximum atomic E-state index is 9.42. The molecule has 0 aliphatic heterocycles. The van der Waals surface area contributed by atoms with Crippen LogP contribution in [0.4, 0.5) is 0 Å². The van der Waals surface area contributed by atoms with E-state index in [-0.39, 0.29) is 13.2 Å². The third-order valence-corrected chi connectivity index (χ3v) is 0.446. The molecule has 0 saturated carbocycles. The highest BCUT2D eigenvalue weighted by atomic mass is 16.9. The molecule has 0 spiro atoms. The predicted molar refractivity (Wildman–Crippen MR) is 27.8 cm³/mol. The summed E-state index contributed by atoms with van der Waals surface area (Å²) in [4.78, 5) is 13.2. The molecule has 9 heavy (non-hydrogen) atoms. The van der Waals surface area contributed by atoms with Crippen molar-refractivity contribution in [2.75, 3.05) is 13.2 Å². The molecule has 0 radical (unpaired) electrons. The van der Waals surface area contributed by atoms with Gasteiger partial charge in [0, 0.05) is 0 Å². The van der Waals surface area contributed by atoms with Gasteiger partial charge in [0.1, 0.15) is 6.61 Å². The summed E-state index contributed by atoms with van der Waals surface area (Å²) in [6.45, 7) is -0.589. The number of hydrogen-bond acceptors (Lipinski definition) is 4. The SMILES string of the molecule is O=[N+]([O-])OCC#CCO. The fraction of sp³-hybridized carbons (Fsp3) is 0.500. The van der Waals surface area contributed by atoms with Crippen LogP contribution in [0.1, 0.15) is 0 Å². The van der Waals surface area contributed by atoms with Gasteiger partial charge in [-0.3, -0.25) is 0 Å². The summed E-state index contributed by atoms with van der Waals surface area (Å²) in [5, 5.41) is 16.5. The first kappa shape index (κ1) is 7.72. The predicted octanol–water partition coefficient (Wildman–Crippen LogP) is -0.810. The van der Waals surface area contributed by atoms with Crippen LogP contribution in [0, 0.1) is 22.0 Å². The highest BCUT2D eigenvalue weighted by Gasteiger charge is 1.86. The van der Waals surface area contributed by atoms with Crippen LogP contribution in [0.2, 0.25) is 0 Å². The molecule has 0 aliphatic rings. The second-order valence-corrected chi connectivity index (χ2v) is 1.01. The molecule has 0 aliphatic carbocycles. The molecule has 0 unspecified atom stereocenters. The van der Waals surface area contributed by atoms with E-state index >= 15 is 0 Å². The third kappa shape index (κ3) is 6.72. The van der Waals surface area contributed by atoms with Gasteiger partial charge in [0.05, 0.1) is 0 Å². The average molecular weight is 131 g/mol. The van der Waals surface area contributed by atoms with Gasteiger partial charge in [-0.15, -0.1) is 10.1 Å². The van der Waals surface area contributed by atoms with Crippen molar-refractivity contribution >= 4 is 0 Å². The molecule has 0 rings (SSSR count). The van der Waals surface area contributed by atoms with E-state index in [1.807, 2.05) is 0 Å². The molecule has 0 aromatic carbocycles. The van der Waals surface area contributed by atoms with Crippen LogP contribution in [-0.2, 0) is 4.84 Å². The van der Waals surface area contributed by atoms with Crippen molar-refractivity contribution in [1.82, 2.24) is 0 Å². The minimum atomic E-state index is -0.938. The van der Waals surface area contributed by atoms with E-state index in [1.54, 1.807) is 0 Å². The van der Waals surface area contributed by atoms with Crippen LogP contribution in [0.25, 0.3) is 0 Å². The first-order chi connectivity index (χ1) is 4.27. The summed E-state index contributed by atoms with van der Waals surface area (Å²) < 4.78 is 0. The Morgan fingerprint density at radius 1 is 1.67 bits per heavy atom. The largest absolute Gasteiger partial charge is 0.384 e. The van der Waals surface area contributed by atoms with Crippen molar-refractivity contribution < 1.29 is 15.0 Å². The molecule has 0 amide bonds. The van der Waals surface area contributed by atoms with Gasteiger partial charge >= 0.3 is 0 Å². The van der Waals surface area contributed by atoms with Crippen LogP contribution in [-0.4, -0.2) is 23.4 Å². The molecule has 1 N–H and O–H groups in total. The summed E-state index contributed by atoms with van der Waals surface area (Å²) in [6, 6.07) is 0. The van der Waals surface area contributed by atoms with Gasteiger partial charge in [0.15, 0.2) is 6.61 Å². The number of rotatable bonds is 2. The number of hydrogen-bond donors (Lipinski definition) is 1. The Labute approximate surface area is 51.3 Å². The Morgan fingerprint density at radius 2 is 2.33 bits per heavy atom. The Balaban J connectivity index is 3.19. The lowest BCUT2D eigenvalue weighted by molar-refractivity contribution is -0.754. The van der Waals surface area contributed by atoms with E-state index in [4.69, 9.17) is 5.11 Å². The lowest BCUT2D eigenvalue weighted by Gasteiger charge is -1.85. The third-order valence-electron chi connectivity index (χ3n) is 0.446. The van der Waals surface area contributed by atoms with Crippen LogP contribution >= 0.6 is 0 Å². The van der Waals surface area contributed by atoms with Gasteiger partial charge in [-0.2, -0.15) is 0 Å². The van der Waals surface area contributed by atoms with Gasteiger partial charge in [-0.05, 0) is 0 Å². The van der Waals surface area contributed by atoms with E-state index < -0.39 is 5.09 Å². The summed E-state index contributed by atoms with van der Waals surface area (Å²) in [6.07, 6.45) is 0. The molecule has 0 aromatic rings. The molecule has 0 heterocycles. The fourth-order valence-electron chi connectivity index (χ4n) is 0.192. The van der Waals surface area contributed by atoms with Crippen LogP contribution in [0.5, 0.6) is 0 Å². The van der Waals surface area contributed by atoms with E-state index in [9.17, 15) is 10.1 Å². The number of nitrogens with zero attached hydrogens (tertiary/aromatic N) is 1. The van der Waals surface area contributed by atoms with Gasteiger partial charge in [-0.1, -0.05) is 11.8 Å². The van der Waals surface area contributed by atoms with Crippen molar-refractivity contribution in [3.63, 3.8) is 0 Å². The average Bonchev–Trinajstić information content (AvgIpc) is 1.80. The van der Waals surface area contributed by atoms with Crippen molar-refractivity contribution in [3.05, 3.63) is 10.1 Å². The smallest absolute Gasteiger partial charge is 0.295 e. The van der Waals surface area contributed by atoms with Gasteiger partial charge in [0.25, 0.3) is 5.09 Å². The fourth-order valence-corrected chi connectivity index (χ4v) is 0.192. The standard InChI is InChI=1S/C4H5NO4/c6-3-1-2-4-9-5(7)8/h6H,3-4H2. The second kappa shape index (κ2) is 4.87. The van der Waals surface area contributed by atoms with Gasteiger partial charge in [0.2, 0.25) is 0 Å². The molecular formula is C4H5NO4. The van der Waals surface area contributed by atoms with E-state index in [0.29, 0.717) is 0 Å². The lowest BCUT2D eigenvalue weighted by Crippen LogP contribution is -1.99. The maximum absolute atomic E-state index is 9.42. The van der Waals surface area contributed by atoms with Crippen molar-refractivity contribution in [3.8, 4) is 11.8 Å². The molecule has 5 nitrogen and oxygen atoms in total. The first-order valence-corrected chi connectivity index (χ1v) is 2.11. The van der Waals surface area contributed by atoms with Crippen LogP contribution < -0.4 is 0 Å². The molecule has 0 bridgehead atoms. The molecule has 50 valence electrons. The number of aliphatic hydroxyl groups is 1. The van der Waals surface area contributed by atoms with Gasteiger partial charge < -0.3 is 9.94 Å². The lowest BCUT2D eigenvalue weighted by atomic mass is 10.6. The monoisotopic (exact) mass is 131 g/mol. The van der Waals surface area contributed by atoms with Crippen LogP contribution in [0.3, 0.4) is 0 Å². The zero-order valence-corrected chi connectivity index (χ0v) is 4.53. The Hall–Kier alpha value is -1.28. The van der Waals surface area contributed by atoms with E-state index in [2.05, 4.69) is 16.7 Å². The zero-order valence-electron chi connectivity index (χ0n) is 4.53. The Morgan fingerprint density at radius 3 is 2.78 bits per heavy atom. The van der Waals surface area contributed by atoms with E-state index in [0.717, 1.165) is 0 Å². The van der Waals surface area contributed by atoms with Crippen molar-refractivity contribution in [2.24, 2.45) is 0 Å². The van der Waals surface area contributed by atoms with Crippen LogP contribution in [0.15, 0.2) is 0 Å². The Kier molecular flexibility index (Phi) is 4.18. The van der Waals surface area contributed by atoms with Crippen molar-refractivity contribution in [1.29, 1.82) is 0 Å². The first-order valence-electron chi connectivity index (χ1n) is 2.11. The van der Waals surface area contributed by atoms with E-state index in [1.165, 1.54) is 0 Å². The molecule has 0 atom stereocenters. The van der Waals surface area contributed by atoms with Crippen molar-refractivity contribution in [2.45, 2.75) is 0 Å². The zero-order chi connectivity index (χ0) is 7.11. The normalized spacial score (nSPS) is 7.22. The summed E-state index contributed by atoms with van der Waals surface area (Å²) in [5.41, 5.74) is 0. The second-order valence-electron chi connectivity index (χ2n) is 1.01. The molecule has 5 heteroatoms.